The van der Waals surface area contributed by atoms with Gasteiger partial charge in [0.2, 0.25) is 0 Å². The molecule has 1 atom stereocenters. The van der Waals surface area contributed by atoms with E-state index in [9.17, 15) is 0 Å². The van der Waals surface area contributed by atoms with Crippen LogP contribution in [0, 0.1) is 0 Å². The Morgan fingerprint density at radius 3 is 2.47 bits per heavy atom. The minimum Gasteiger partial charge on any atom is -0.330 e. The predicted octanol–water partition coefficient (Wildman–Crippen LogP) is 2.95. The van der Waals surface area contributed by atoms with Gasteiger partial charge in [0.15, 0.2) is 0 Å². The van der Waals surface area contributed by atoms with Crippen molar-refractivity contribution in [1.29, 1.82) is 0 Å². The molecule has 1 aliphatic rings. The van der Waals surface area contributed by atoms with Crippen molar-refractivity contribution in [2.24, 2.45) is 5.73 Å². The lowest BCUT2D eigenvalue weighted by Crippen LogP contribution is -2.34. The Bertz CT molecular complexity index is 317. The van der Waals surface area contributed by atoms with Gasteiger partial charge in [-0.2, -0.15) is 0 Å². The average molecular weight is 232 g/mol. The molecule has 2 N–H and O–H groups in total. The molecule has 94 valence electrons. The van der Waals surface area contributed by atoms with E-state index in [0.717, 1.165) is 19.0 Å². The lowest BCUT2D eigenvalue weighted by molar-refractivity contribution is 0.168. The highest BCUT2D eigenvalue weighted by atomic mass is 15.2. The highest BCUT2D eigenvalue weighted by Gasteiger charge is 2.25. The quantitative estimate of drug-likeness (QED) is 0.845. The summed E-state index contributed by atoms with van der Waals surface area (Å²) >= 11 is 0. The van der Waals surface area contributed by atoms with E-state index in [1.807, 2.05) is 0 Å². The number of nitrogens with two attached hydrogens (primary N) is 1. The third-order valence-corrected chi connectivity index (χ3v) is 4.02. The molecule has 0 aliphatic heterocycles. The summed E-state index contributed by atoms with van der Waals surface area (Å²) in [4.78, 5) is 2.55. The molecule has 0 radical (unpaired) electrons. The molecule has 0 spiro atoms. The largest absolute Gasteiger partial charge is 0.330 e. The van der Waals surface area contributed by atoms with Gasteiger partial charge in [-0.3, -0.25) is 4.90 Å². The van der Waals surface area contributed by atoms with Gasteiger partial charge >= 0.3 is 0 Å². The summed E-state index contributed by atoms with van der Waals surface area (Å²) in [5.41, 5.74) is 7.19. The van der Waals surface area contributed by atoms with Crippen LogP contribution in [0.5, 0.6) is 0 Å². The van der Waals surface area contributed by atoms with E-state index in [-0.39, 0.29) is 0 Å². The first-order valence-electron chi connectivity index (χ1n) is 6.80. The molecular weight excluding hydrogens is 208 g/mol. The van der Waals surface area contributed by atoms with Crippen molar-refractivity contribution in [1.82, 2.24) is 4.90 Å². The zero-order chi connectivity index (χ0) is 12.1. The van der Waals surface area contributed by atoms with Crippen LogP contribution < -0.4 is 5.73 Å². The monoisotopic (exact) mass is 232 g/mol. The minimum absolute atomic E-state index is 0.490. The molecule has 0 saturated heterocycles. The summed E-state index contributed by atoms with van der Waals surface area (Å²) in [5, 5.41) is 0. The smallest absolute Gasteiger partial charge is 0.0360 e. The lowest BCUT2D eigenvalue weighted by Gasteiger charge is -2.33. The van der Waals surface area contributed by atoms with Gasteiger partial charge in [0.1, 0.15) is 0 Å². The van der Waals surface area contributed by atoms with Gasteiger partial charge in [0, 0.05) is 12.1 Å². The summed E-state index contributed by atoms with van der Waals surface area (Å²) in [6.07, 6.45) is 6.53. The maximum absolute atomic E-state index is 5.78. The van der Waals surface area contributed by atoms with Crippen LogP contribution in [0.4, 0.5) is 0 Å². The first-order chi connectivity index (χ1) is 8.33. The van der Waals surface area contributed by atoms with Crippen LogP contribution in [0.25, 0.3) is 0 Å². The van der Waals surface area contributed by atoms with E-state index in [4.69, 9.17) is 5.73 Å². The van der Waals surface area contributed by atoms with Gasteiger partial charge in [-0.25, -0.2) is 0 Å². The van der Waals surface area contributed by atoms with Crippen LogP contribution in [-0.2, 0) is 0 Å². The predicted molar refractivity (Wildman–Crippen MR) is 72.9 cm³/mol. The van der Waals surface area contributed by atoms with Gasteiger partial charge in [-0.15, -0.1) is 0 Å². The number of benzene rings is 1. The first-order valence-corrected chi connectivity index (χ1v) is 6.80. The Kier molecular flexibility index (Phi) is 4.57. The second-order valence-corrected chi connectivity index (χ2v) is 5.11. The highest BCUT2D eigenvalue weighted by molar-refractivity contribution is 5.19. The summed E-state index contributed by atoms with van der Waals surface area (Å²) in [6.45, 7) is 0.761. The van der Waals surface area contributed by atoms with Crippen molar-refractivity contribution >= 4 is 0 Å². The summed E-state index contributed by atoms with van der Waals surface area (Å²) in [7, 11) is 2.27. The van der Waals surface area contributed by atoms with Gasteiger partial charge in [0.25, 0.3) is 0 Å². The molecular formula is C15H24N2. The fourth-order valence-corrected chi connectivity index (χ4v) is 3.00. The molecule has 0 bridgehead atoms. The molecule has 2 heteroatoms. The Morgan fingerprint density at radius 1 is 1.24 bits per heavy atom. The molecule has 0 heterocycles. The van der Waals surface area contributed by atoms with E-state index in [0.29, 0.717) is 6.04 Å². The van der Waals surface area contributed by atoms with Crippen LogP contribution in [0.1, 0.15) is 43.7 Å². The molecule has 0 amide bonds. The SMILES string of the molecule is CN(C1CCCC1)C(CCN)c1ccccc1. The van der Waals surface area contributed by atoms with Crippen molar-refractivity contribution < 1.29 is 0 Å². The Morgan fingerprint density at radius 2 is 1.88 bits per heavy atom. The standard InChI is InChI=1S/C15H24N2/c1-17(14-9-5-6-10-14)15(11-12-16)13-7-3-2-4-8-13/h2-4,7-8,14-15H,5-6,9-12,16H2,1H3. The first kappa shape index (κ1) is 12.6. The Balaban J connectivity index is 2.10. The van der Waals surface area contributed by atoms with Gasteiger partial charge in [-0.05, 0) is 38.4 Å². The van der Waals surface area contributed by atoms with Crippen LogP contribution in [0.3, 0.4) is 0 Å². The van der Waals surface area contributed by atoms with Crippen LogP contribution in [0.2, 0.25) is 0 Å². The van der Waals surface area contributed by atoms with Crippen LogP contribution in [0.15, 0.2) is 30.3 Å². The van der Waals surface area contributed by atoms with Crippen LogP contribution >= 0.6 is 0 Å². The van der Waals surface area contributed by atoms with E-state index >= 15 is 0 Å². The summed E-state index contributed by atoms with van der Waals surface area (Å²) in [6, 6.07) is 12.0. The van der Waals surface area contributed by atoms with Gasteiger partial charge in [0.05, 0.1) is 0 Å². The molecule has 1 unspecified atom stereocenters. The van der Waals surface area contributed by atoms with E-state index in [1.54, 1.807) is 0 Å². The third kappa shape index (κ3) is 3.08. The second-order valence-electron chi connectivity index (χ2n) is 5.11. The maximum atomic E-state index is 5.78. The number of hydrogen-bond donors (Lipinski definition) is 1. The normalized spacial score (nSPS) is 18.8. The molecule has 2 rings (SSSR count). The zero-order valence-corrected chi connectivity index (χ0v) is 10.8. The highest BCUT2D eigenvalue weighted by Crippen LogP contribution is 2.31. The molecule has 1 aromatic rings. The third-order valence-electron chi connectivity index (χ3n) is 4.02. The van der Waals surface area contributed by atoms with Crippen molar-refractivity contribution in [2.75, 3.05) is 13.6 Å². The fraction of sp³-hybridized carbons (Fsp3) is 0.600. The Hall–Kier alpha value is -0.860. The van der Waals surface area contributed by atoms with E-state index in [1.165, 1.54) is 31.2 Å². The molecule has 0 aromatic heterocycles. The number of rotatable bonds is 5. The summed E-state index contributed by atoms with van der Waals surface area (Å²) in [5.74, 6) is 0. The van der Waals surface area contributed by atoms with Crippen molar-refractivity contribution in [3.05, 3.63) is 35.9 Å². The van der Waals surface area contributed by atoms with Crippen LogP contribution in [-0.4, -0.2) is 24.5 Å². The molecule has 17 heavy (non-hydrogen) atoms. The van der Waals surface area contributed by atoms with Gasteiger partial charge < -0.3 is 5.73 Å². The number of hydrogen-bond acceptors (Lipinski definition) is 2. The maximum Gasteiger partial charge on any atom is 0.0360 e. The van der Waals surface area contributed by atoms with E-state index < -0.39 is 0 Å². The van der Waals surface area contributed by atoms with Crippen molar-refractivity contribution in [2.45, 2.75) is 44.2 Å². The molecule has 2 nitrogen and oxygen atoms in total. The lowest BCUT2D eigenvalue weighted by atomic mass is 10.0. The summed E-state index contributed by atoms with van der Waals surface area (Å²) < 4.78 is 0. The molecule has 1 saturated carbocycles. The van der Waals surface area contributed by atoms with Crippen molar-refractivity contribution in [3.8, 4) is 0 Å². The van der Waals surface area contributed by atoms with Gasteiger partial charge in [-0.1, -0.05) is 43.2 Å². The molecule has 1 aromatic carbocycles. The second kappa shape index (κ2) is 6.18. The minimum atomic E-state index is 0.490. The topological polar surface area (TPSA) is 29.3 Å². The fourth-order valence-electron chi connectivity index (χ4n) is 3.00. The number of nitrogens with zero attached hydrogens (tertiary/aromatic N) is 1. The average Bonchev–Trinajstić information content (AvgIpc) is 2.90. The van der Waals surface area contributed by atoms with Crippen molar-refractivity contribution in [3.63, 3.8) is 0 Å². The molecule has 1 fully saturated rings. The zero-order valence-electron chi connectivity index (χ0n) is 10.8. The van der Waals surface area contributed by atoms with E-state index in [2.05, 4.69) is 42.3 Å². The molecule has 1 aliphatic carbocycles. The Labute approximate surface area is 105 Å².